The van der Waals surface area contributed by atoms with E-state index in [1.54, 1.807) is 7.11 Å². The normalized spacial score (nSPS) is 13.2. The van der Waals surface area contributed by atoms with Crippen molar-refractivity contribution in [2.45, 2.75) is 32.2 Å². The van der Waals surface area contributed by atoms with Crippen molar-refractivity contribution in [3.63, 3.8) is 0 Å². The topological polar surface area (TPSA) is 35.5 Å². The highest BCUT2D eigenvalue weighted by Gasteiger charge is 2.27. The SMILES string of the molecule is COc1ccc2cc([C@H](C)C(=O)OCCCCS[N+](C)(Cc3ccccc3)c3ccccc3)ccc2c1.[Cl-]. The van der Waals surface area contributed by atoms with Gasteiger partial charge in [0.15, 0.2) is 0 Å². The Balaban J connectivity index is 0.00000400. The first-order valence-electron chi connectivity index (χ1n) is 12.8. The van der Waals surface area contributed by atoms with Crippen LogP contribution in [0.15, 0.2) is 97.1 Å². The van der Waals surface area contributed by atoms with Crippen LogP contribution in [0, 0.1) is 0 Å². The van der Waals surface area contributed by atoms with Crippen LogP contribution in [0.4, 0.5) is 5.69 Å². The number of nitrogens with zero attached hydrogens (tertiary/aromatic N) is 1. The van der Waals surface area contributed by atoms with Crippen molar-refractivity contribution in [3.05, 3.63) is 108 Å². The molecule has 0 saturated carbocycles. The summed E-state index contributed by atoms with van der Waals surface area (Å²) in [6.45, 7) is 3.28. The number of unbranched alkanes of at least 4 members (excludes halogenated alkanes) is 1. The molecule has 0 spiro atoms. The molecular weight excluding hydrogens is 514 g/mol. The van der Waals surface area contributed by atoms with Crippen molar-refractivity contribution < 1.29 is 26.7 Å². The van der Waals surface area contributed by atoms with Crippen molar-refractivity contribution in [2.75, 3.05) is 26.5 Å². The molecule has 4 aromatic carbocycles. The minimum atomic E-state index is -0.301. The highest BCUT2D eigenvalue weighted by Crippen LogP contribution is 2.33. The van der Waals surface area contributed by atoms with E-state index in [4.69, 9.17) is 9.47 Å². The zero-order chi connectivity index (χ0) is 26.1. The Hall–Kier alpha value is -2.99. The summed E-state index contributed by atoms with van der Waals surface area (Å²) in [7, 11) is 3.94. The van der Waals surface area contributed by atoms with Gasteiger partial charge < -0.3 is 21.9 Å². The van der Waals surface area contributed by atoms with Crippen LogP contribution in [0.2, 0.25) is 0 Å². The van der Waals surface area contributed by atoms with Gasteiger partial charge in [-0.1, -0.05) is 72.8 Å². The number of benzene rings is 4. The number of methoxy groups -OCH3 is 1. The molecule has 4 nitrogen and oxygen atoms in total. The fraction of sp³-hybridized carbons (Fsp3) is 0.281. The molecule has 2 atom stereocenters. The first-order valence-corrected chi connectivity index (χ1v) is 13.8. The van der Waals surface area contributed by atoms with Crippen molar-refractivity contribution in [1.29, 1.82) is 0 Å². The number of carbonyl (C=O) groups is 1. The Morgan fingerprint density at radius 3 is 2.24 bits per heavy atom. The standard InChI is InChI=1S/C32H36NO3S.ClH/c1-25(27-16-17-29-23-31(35-3)19-18-28(29)22-27)32(34)36-20-10-11-21-37-33(2,30-14-8-5-9-15-30)24-26-12-6-4-7-13-26;/h4-9,12-19,22-23,25H,10-11,20-21,24H2,1-3H3;1H/q+1;/p-1/t25-,33?;/m0./s1. The molecule has 6 heteroatoms. The molecule has 0 aliphatic carbocycles. The summed E-state index contributed by atoms with van der Waals surface area (Å²) in [6, 6.07) is 33.3. The van der Waals surface area contributed by atoms with Gasteiger partial charge in [-0.3, -0.25) is 4.79 Å². The van der Waals surface area contributed by atoms with Gasteiger partial charge in [0.25, 0.3) is 0 Å². The molecule has 0 fully saturated rings. The lowest BCUT2D eigenvalue weighted by Gasteiger charge is -2.31. The van der Waals surface area contributed by atoms with Crippen LogP contribution in [0.1, 0.15) is 36.8 Å². The average Bonchev–Trinajstić information content (AvgIpc) is 2.94. The van der Waals surface area contributed by atoms with Gasteiger partial charge in [0, 0.05) is 23.4 Å². The van der Waals surface area contributed by atoms with E-state index in [2.05, 4.69) is 73.8 Å². The van der Waals surface area contributed by atoms with Crippen LogP contribution in [-0.4, -0.2) is 32.5 Å². The molecule has 4 rings (SSSR count). The zero-order valence-electron chi connectivity index (χ0n) is 22.3. The molecule has 0 N–H and O–H groups in total. The van der Waals surface area contributed by atoms with Gasteiger partial charge in [-0.2, -0.15) is 0 Å². The number of carbonyl (C=O) groups excluding carboxylic acids is 1. The molecule has 0 heterocycles. The maximum Gasteiger partial charge on any atom is 0.313 e. The van der Waals surface area contributed by atoms with Gasteiger partial charge >= 0.3 is 5.97 Å². The summed E-state index contributed by atoms with van der Waals surface area (Å²) in [5, 5.41) is 2.18. The van der Waals surface area contributed by atoms with Crippen LogP contribution in [0.3, 0.4) is 0 Å². The summed E-state index contributed by atoms with van der Waals surface area (Å²) < 4.78 is 11.7. The number of hydrogen-bond acceptors (Lipinski definition) is 4. The quantitative estimate of drug-likeness (QED) is 0.110. The predicted octanol–water partition coefficient (Wildman–Crippen LogP) is 4.77. The van der Waals surface area contributed by atoms with Gasteiger partial charge in [-0.25, -0.2) is 3.89 Å². The second kappa shape index (κ2) is 14.2. The summed E-state index contributed by atoms with van der Waals surface area (Å²) in [5.74, 6) is 1.34. The third-order valence-electron chi connectivity index (χ3n) is 6.71. The minimum Gasteiger partial charge on any atom is -1.00 e. The van der Waals surface area contributed by atoms with E-state index in [0.717, 1.165) is 51.1 Å². The molecule has 38 heavy (non-hydrogen) atoms. The third kappa shape index (κ3) is 7.76. The maximum atomic E-state index is 12.7. The molecule has 0 amide bonds. The first kappa shape index (κ1) is 29.6. The molecule has 0 saturated heterocycles. The van der Waals surface area contributed by atoms with Crippen LogP contribution in [0.5, 0.6) is 5.75 Å². The van der Waals surface area contributed by atoms with Crippen LogP contribution >= 0.6 is 11.9 Å². The molecule has 0 bridgehead atoms. The van der Waals surface area contributed by atoms with E-state index in [0.29, 0.717) is 6.61 Å². The number of ether oxygens (including phenoxy) is 2. The van der Waals surface area contributed by atoms with E-state index in [9.17, 15) is 4.79 Å². The number of quaternary nitrogens is 1. The summed E-state index contributed by atoms with van der Waals surface area (Å²) >= 11 is 1.93. The molecule has 0 radical (unpaired) electrons. The monoisotopic (exact) mass is 549 g/mol. The Kier molecular flexibility index (Phi) is 11.1. The predicted molar refractivity (Wildman–Crippen MR) is 156 cm³/mol. The van der Waals surface area contributed by atoms with Gasteiger partial charge in [-0.05, 0) is 48.2 Å². The summed E-state index contributed by atoms with van der Waals surface area (Å²) in [5.41, 5.74) is 3.57. The summed E-state index contributed by atoms with van der Waals surface area (Å²) in [6.07, 6.45) is 1.84. The fourth-order valence-corrected chi connectivity index (χ4v) is 5.68. The van der Waals surface area contributed by atoms with Gasteiger partial charge in [0.2, 0.25) is 0 Å². The van der Waals surface area contributed by atoms with E-state index in [1.807, 2.05) is 49.2 Å². The van der Waals surface area contributed by atoms with Gasteiger partial charge in [0.1, 0.15) is 18.0 Å². The van der Waals surface area contributed by atoms with E-state index >= 15 is 0 Å². The second-order valence-corrected chi connectivity index (χ2v) is 11.0. The number of hydrogen-bond donors (Lipinski definition) is 0. The van der Waals surface area contributed by atoms with Crippen LogP contribution < -0.4 is 21.0 Å². The molecule has 0 aliphatic rings. The molecule has 0 aromatic heterocycles. The lowest BCUT2D eigenvalue weighted by atomic mass is 9.98. The maximum absolute atomic E-state index is 12.7. The second-order valence-electron chi connectivity index (χ2n) is 9.48. The molecule has 200 valence electrons. The van der Waals surface area contributed by atoms with Crippen molar-refractivity contribution in [3.8, 4) is 5.75 Å². The fourth-order valence-electron chi connectivity index (χ4n) is 4.43. The van der Waals surface area contributed by atoms with Crippen molar-refractivity contribution in [2.24, 2.45) is 0 Å². The Labute approximate surface area is 237 Å². The van der Waals surface area contributed by atoms with E-state index < -0.39 is 0 Å². The lowest BCUT2D eigenvalue weighted by molar-refractivity contribution is -0.145. The highest BCUT2D eigenvalue weighted by atomic mass is 35.5. The van der Waals surface area contributed by atoms with E-state index in [1.165, 1.54) is 11.3 Å². The van der Waals surface area contributed by atoms with Gasteiger partial charge in [0.05, 0.1) is 38.6 Å². The van der Waals surface area contributed by atoms with Crippen LogP contribution in [-0.2, 0) is 16.1 Å². The number of halogens is 1. The Bertz CT molecular complexity index is 1300. The van der Waals surface area contributed by atoms with Crippen molar-refractivity contribution >= 4 is 34.4 Å². The highest BCUT2D eigenvalue weighted by molar-refractivity contribution is 7.98. The molecular formula is C32H36ClNO3S. The van der Waals surface area contributed by atoms with Gasteiger partial charge in [-0.15, -0.1) is 0 Å². The lowest BCUT2D eigenvalue weighted by Crippen LogP contribution is -3.00. The number of fused-ring (bicyclic) bond motifs is 1. The minimum absolute atomic E-state index is 0. The Morgan fingerprint density at radius 1 is 0.868 bits per heavy atom. The third-order valence-corrected chi connectivity index (χ3v) is 8.09. The molecule has 1 unspecified atom stereocenters. The zero-order valence-corrected chi connectivity index (χ0v) is 23.9. The van der Waals surface area contributed by atoms with Crippen molar-refractivity contribution in [1.82, 2.24) is 3.89 Å². The molecule has 0 aliphatic heterocycles. The largest absolute Gasteiger partial charge is 1.00 e. The first-order chi connectivity index (χ1) is 18.0. The average molecular weight is 550 g/mol. The summed E-state index contributed by atoms with van der Waals surface area (Å²) in [4.78, 5) is 12.7. The Morgan fingerprint density at radius 2 is 1.53 bits per heavy atom. The van der Waals surface area contributed by atoms with E-state index in [-0.39, 0.29) is 24.3 Å². The molecule has 4 aromatic rings. The smallest absolute Gasteiger partial charge is 0.313 e. The number of esters is 1. The van der Waals surface area contributed by atoms with Crippen LogP contribution in [0.25, 0.3) is 10.8 Å². The number of para-hydroxylation sites is 1. The number of rotatable bonds is 12.